The molecule has 4 rings (SSSR count). The third-order valence-corrected chi connectivity index (χ3v) is 4.26. The van der Waals surface area contributed by atoms with E-state index in [9.17, 15) is 9.90 Å². The SMILES string of the molecule is O=C(c1ccc(Cn2cccn2)o1)N1CCCn2nc(CO)cc2C1. The molecule has 25 heavy (non-hydrogen) atoms. The maximum atomic E-state index is 12.8. The number of aliphatic hydroxyl groups is 1. The third-order valence-electron chi connectivity index (χ3n) is 4.26. The second kappa shape index (κ2) is 6.56. The van der Waals surface area contributed by atoms with Crippen LogP contribution in [0.15, 0.2) is 41.1 Å². The van der Waals surface area contributed by atoms with Crippen LogP contribution in [0.4, 0.5) is 0 Å². The molecule has 0 atom stereocenters. The molecule has 3 aromatic rings. The zero-order valence-corrected chi connectivity index (χ0v) is 13.7. The van der Waals surface area contributed by atoms with Gasteiger partial charge in [-0.3, -0.25) is 14.2 Å². The molecule has 8 heteroatoms. The highest BCUT2D eigenvalue weighted by Crippen LogP contribution is 2.18. The van der Waals surface area contributed by atoms with Crippen LogP contribution in [0.25, 0.3) is 0 Å². The van der Waals surface area contributed by atoms with Crippen molar-refractivity contribution in [3.05, 3.63) is 59.6 Å². The lowest BCUT2D eigenvalue weighted by molar-refractivity contribution is 0.0711. The number of rotatable bonds is 4. The first-order valence-electron chi connectivity index (χ1n) is 8.25. The third kappa shape index (κ3) is 3.20. The van der Waals surface area contributed by atoms with Crippen molar-refractivity contribution < 1.29 is 14.3 Å². The van der Waals surface area contributed by atoms with E-state index in [1.807, 2.05) is 23.0 Å². The van der Waals surface area contributed by atoms with Crippen molar-refractivity contribution in [2.75, 3.05) is 6.54 Å². The maximum Gasteiger partial charge on any atom is 0.289 e. The Hall–Kier alpha value is -2.87. The monoisotopic (exact) mass is 341 g/mol. The van der Waals surface area contributed by atoms with Gasteiger partial charge in [0.25, 0.3) is 5.91 Å². The Bertz CT molecular complexity index is 865. The molecule has 1 N–H and O–H groups in total. The van der Waals surface area contributed by atoms with Gasteiger partial charge in [0.1, 0.15) is 5.76 Å². The van der Waals surface area contributed by atoms with Gasteiger partial charge in [0.05, 0.1) is 31.1 Å². The molecule has 0 unspecified atom stereocenters. The standard InChI is InChI=1S/C17H19N5O3/c23-12-13-9-14-10-20(6-2-8-22(14)19-13)17(24)16-4-3-15(25-16)11-21-7-1-5-18-21/h1,3-5,7,9,23H,2,6,8,10-12H2. The van der Waals surface area contributed by atoms with Crippen molar-refractivity contribution in [2.24, 2.45) is 0 Å². The average molecular weight is 341 g/mol. The molecular weight excluding hydrogens is 322 g/mol. The van der Waals surface area contributed by atoms with Crippen LogP contribution < -0.4 is 0 Å². The zero-order valence-electron chi connectivity index (χ0n) is 13.7. The minimum Gasteiger partial charge on any atom is -0.454 e. The van der Waals surface area contributed by atoms with Gasteiger partial charge in [0.15, 0.2) is 5.76 Å². The molecule has 0 aliphatic carbocycles. The lowest BCUT2D eigenvalue weighted by Gasteiger charge is -2.18. The van der Waals surface area contributed by atoms with Crippen LogP contribution in [0.2, 0.25) is 0 Å². The highest BCUT2D eigenvalue weighted by molar-refractivity contribution is 5.91. The van der Waals surface area contributed by atoms with Crippen molar-refractivity contribution in [1.29, 1.82) is 0 Å². The normalized spacial score (nSPS) is 14.4. The number of carbonyl (C=O) groups is 1. The molecule has 130 valence electrons. The van der Waals surface area contributed by atoms with Gasteiger partial charge >= 0.3 is 0 Å². The topological polar surface area (TPSA) is 89.3 Å². The first kappa shape index (κ1) is 15.6. The fourth-order valence-electron chi connectivity index (χ4n) is 3.06. The smallest absolute Gasteiger partial charge is 0.289 e. The van der Waals surface area contributed by atoms with E-state index in [0.29, 0.717) is 36.8 Å². The fourth-order valence-corrected chi connectivity index (χ4v) is 3.06. The van der Waals surface area contributed by atoms with E-state index >= 15 is 0 Å². The van der Waals surface area contributed by atoms with E-state index in [1.54, 1.807) is 27.9 Å². The summed E-state index contributed by atoms with van der Waals surface area (Å²) in [6.45, 7) is 2.24. The molecular formula is C17H19N5O3. The lowest BCUT2D eigenvalue weighted by Crippen LogP contribution is -2.30. The van der Waals surface area contributed by atoms with E-state index in [4.69, 9.17) is 4.42 Å². The second-order valence-electron chi connectivity index (χ2n) is 6.06. The van der Waals surface area contributed by atoms with Gasteiger partial charge in [-0.15, -0.1) is 0 Å². The minimum atomic E-state index is -0.132. The summed E-state index contributed by atoms with van der Waals surface area (Å²) in [5.41, 5.74) is 1.56. The van der Waals surface area contributed by atoms with Crippen LogP contribution in [0.1, 0.15) is 34.1 Å². The molecule has 0 bridgehead atoms. The quantitative estimate of drug-likeness (QED) is 0.772. The van der Waals surface area contributed by atoms with Crippen molar-refractivity contribution in [2.45, 2.75) is 32.7 Å². The fraction of sp³-hybridized carbons (Fsp3) is 0.353. The molecule has 1 aliphatic rings. The summed E-state index contributed by atoms with van der Waals surface area (Å²) in [5.74, 6) is 0.888. The molecule has 0 saturated carbocycles. The van der Waals surface area contributed by atoms with Crippen LogP contribution in [-0.4, -0.2) is 42.0 Å². The maximum absolute atomic E-state index is 12.8. The van der Waals surface area contributed by atoms with Gasteiger partial charge in [-0.25, -0.2) is 0 Å². The molecule has 0 fully saturated rings. The number of amides is 1. The van der Waals surface area contributed by atoms with Crippen LogP contribution in [0, 0.1) is 0 Å². The number of carbonyl (C=O) groups excluding carboxylic acids is 1. The first-order valence-corrected chi connectivity index (χ1v) is 8.25. The van der Waals surface area contributed by atoms with E-state index in [2.05, 4.69) is 10.2 Å². The number of aromatic nitrogens is 4. The number of aryl methyl sites for hydroxylation is 1. The largest absolute Gasteiger partial charge is 0.454 e. The molecule has 4 heterocycles. The predicted octanol–water partition coefficient (Wildman–Crippen LogP) is 1.26. The molecule has 0 saturated heterocycles. The number of nitrogens with zero attached hydrogens (tertiary/aromatic N) is 5. The molecule has 0 aromatic carbocycles. The van der Waals surface area contributed by atoms with Crippen molar-refractivity contribution in [3.8, 4) is 0 Å². The van der Waals surface area contributed by atoms with Crippen molar-refractivity contribution >= 4 is 5.91 Å². The van der Waals surface area contributed by atoms with Crippen LogP contribution in [0.5, 0.6) is 0 Å². The molecule has 3 aromatic heterocycles. The van der Waals surface area contributed by atoms with Gasteiger partial charge in [0.2, 0.25) is 0 Å². The molecule has 0 spiro atoms. The number of furan rings is 1. The summed E-state index contributed by atoms with van der Waals surface area (Å²) in [7, 11) is 0. The molecule has 0 radical (unpaired) electrons. The number of aliphatic hydroxyl groups excluding tert-OH is 1. The summed E-state index contributed by atoms with van der Waals surface area (Å²) in [5, 5.41) is 17.7. The van der Waals surface area contributed by atoms with Gasteiger partial charge in [-0.2, -0.15) is 10.2 Å². The Morgan fingerprint density at radius 3 is 3.04 bits per heavy atom. The summed E-state index contributed by atoms with van der Waals surface area (Å²) < 4.78 is 9.32. The van der Waals surface area contributed by atoms with Crippen LogP contribution in [0.3, 0.4) is 0 Å². The highest BCUT2D eigenvalue weighted by atomic mass is 16.4. The van der Waals surface area contributed by atoms with Crippen molar-refractivity contribution in [1.82, 2.24) is 24.5 Å². The Morgan fingerprint density at radius 1 is 1.32 bits per heavy atom. The zero-order chi connectivity index (χ0) is 17.2. The summed E-state index contributed by atoms with van der Waals surface area (Å²) in [4.78, 5) is 14.5. The van der Waals surface area contributed by atoms with Gasteiger partial charge in [0, 0.05) is 25.5 Å². The Balaban J connectivity index is 1.49. The number of hydrogen-bond acceptors (Lipinski definition) is 5. The molecule has 8 nitrogen and oxygen atoms in total. The Labute approximate surface area is 144 Å². The second-order valence-corrected chi connectivity index (χ2v) is 6.06. The molecule has 1 aliphatic heterocycles. The van der Waals surface area contributed by atoms with E-state index in [0.717, 1.165) is 18.7 Å². The predicted molar refractivity (Wildman–Crippen MR) is 87.5 cm³/mol. The van der Waals surface area contributed by atoms with Crippen molar-refractivity contribution in [3.63, 3.8) is 0 Å². The van der Waals surface area contributed by atoms with Gasteiger partial charge in [-0.1, -0.05) is 0 Å². The van der Waals surface area contributed by atoms with Gasteiger partial charge in [-0.05, 0) is 30.7 Å². The van der Waals surface area contributed by atoms with Crippen LogP contribution >= 0.6 is 0 Å². The molecule has 1 amide bonds. The minimum absolute atomic E-state index is 0.0943. The van der Waals surface area contributed by atoms with Crippen LogP contribution in [-0.2, 0) is 26.2 Å². The summed E-state index contributed by atoms with van der Waals surface area (Å²) in [6, 6.07) is 7.20. The van der Waals surface area contributed by atoms with E-state index in [-0.39, 0.29) is 12.5 Å². The van der Waals surface area contributed by atoms with E-state index in [1.165, 1.54) is 0 Å². The van der Waals surface area contributed by atoms with E-state index < -0.39 is 0 Å². The summed E-state index contributed by atoms with van der Waals surface area (Å²) in [6.07, 6.45) is 4.36. The Kier molecular flexibility index (Phi) is 4.10. The average Bonchev–Trinajstić information content (AvgIpc) is 3.34. The Morgan fingerprint density at radius 2 is 2.24 bits per heavy atom. The summed E-state index contributed by atoms with van der Waals surface area (Å²) >= 11 is 0. The number of fused-ring (bicyclic) bond motifs is 1. The highest BCUT2D eigenvalue weighted by Gasteiger charge is 2.23. The lowest BCUT2D eigenvalue weighted by atomic mass is 10.3. The first-order chi connectivity index (χ1) is 12.2. The number of hydrogen-bond donors (Lipinski definition) is 1. The van der Waals surface area contributed by atoms with Gasteiger partial charge < -0.3 is 14.4 Å².